The van der Waals surface area contributed by atoms with E-state index in [9.17, 15) is 5.26 Å². The first kappa shape index (κ1) is 14.2. The Morgan fingerprint density at radius 2 is 2.16 bits per heavy atom. The maximum Gasteiger partial charge on any atom is 0.102 e. The van der Waals surface area contributed by atoms with Gasteiger partial charge in [0.05, 0.1) is 11.3 Å². The number of nitrogens with one attached hydrogen (secondary N) is 1. The van der Waals surface area contributed by atoms with E-state index in [0.717, 1.165) is 48.0 Å². The van der Waals surface area contributed by atoms with E-state index in [2.05, 4.69) is 25.2 Å². The second kappa shape index (κ2) is 6.31. The predicted octanol–water partition coefficient (Wildman–Crippen LogP) is 3.65. The first-order chi connectivity index (χ1) is 9.18. The van der Waals surface area contributed by atoms with Crippen LogP contribution in [0.2, 0.25) is 0 Å². The smallest absolute Gasteiger partial charge is 0.102 e. The summed E-state index contributed by atoms with van der Waals surface area (Å²) in [7, 11) is 0. The molecule has 3 nitrogen and oxygen atoms in total. The molecule has 2 rings (SSSR count). The van der Waals surface area contributed by atoms with E-state index in [1.54, 1.807) is 11.8 Å². The number of hydrogen-bond acceptors (Lipinski definition) is 4. The highest BCUT2D eigenvalue weighted by atomic mass is 32.2. The van der Waals surface area contributed by atoms with Crippen molar-refractivity contribution in [3.63, 3.8) is 0 Å². The molecule has 1 aromatic rings. The van der Waals surface area contributed by atoms with Crippen molar-refractivity contribution in [1.82, 2.24) is 0 Å². The minimum Gasteiger partial charge on any atom is -0.381 e. The summed E-state index contributed by atoms with van der Waals surface area (Å²) >= 11 is 1.71. The maximum absolute atomic E-state index is 9.41. The quantitative estimate of drug-likeness (QED) is 0.853. The van der Waals surface area contributed by atoms with Crippen LogP contribution in [0.3, 0.4) is 0 Å². The van der Waals surface area contributed by atoms with Gasteiger partial charge in [0.1, 0.15) is 6.07 Å². The van der Waals surface area contributed by atoms with Gasteiger partial charge >= 0.3 is 0 Å². The lowest BCUT2D eigenvalue weighted by Crippen LogP contribution is -2.40. The van der Waals surface area contributed by atoms with Crippen LogP contribution in [-0.2, 0) is 4.74 Å². The number of nitriles is 1. The number of hydrogen-bond donors (Lipinski definition) is 1. The van der Waals surface area contributed by atoms with Crippen molar-refractivity contribution in [3.05, 3.63) is 23.8 Å². The molecule has 0 saturated carbocycles. The van der Waals surface area contributed by atoms with E-state index in [-0.39, 0.29) is 5.54 Å². The van der Waals surface area contributed by atoms with E-state index >= 15 is 0 Å². The lowest BCUT2D eigenvalue weighted by Gasteiger charge is -2.35. The van der Waals surface area contributed by atoms with Gasteiger partial charge in [-0.05, 0) is 37.7 Å². The number of rotatable bonds is 4. The van der Waals surface area contributed by atoms with Gasteiger partial charge in [0.15, 0.2) is 0 Å². The van der Waals surface area contributed by atoms with Crippen LogP contribution in [0.25, 0.3) is 0 Å². The Bertz CT molecular complexity index is 476. The lowest BCUT2D eigenvalue weighted by atomic mass is 9.92. The van der Waals surface area contributed by atoms with E-state index in [1.807, 2.05) is 18.2 Å². The van der Waals surface area contributed by atoms with Crippen molar-refractivity contribution >= 4 is 17.4 Å². The second-order valence-corrected chi connectivity index (χ2v) is 6.33. The van der Waals surface area contributed by atoms with E-state index < -0.39 is 0 Å². The summed E-state index contributed by atoms with van der Waals surface area (Å²) in [5, 5.41) is 13.0. The molecule has 0 spiro atoms. The van der Waals surface area contributed by atoms with Gasteiger partial charge in [0.2, 0.25) is 0 Å². The Morgan fingerprint density at radius 1 is 1.42 bits per heavy atom. The van der Waals surface area contributed by atoms with Gasteiger partial charge in [0, 0.05) is 23.6 Å². The summed E-state index contributed by atoms with van der Waals surface area (Å²) in [6.45, 7) is 5.88. The normalized spacial score (nSPS) is 17.7. The molecule has 4 heteroatoms. The van der Waals surface area contributed by atoms with Gasteiger partial charge in [-0.1, -0.05) is 13.0 Å². The molecule has 19 heavy (non-hydrogen) atoms. The molecule has 1 saturated heterocycles. The van der Waals surface area contributed by atoms with Crippen LogP contribution >= 0.6 is 11.8 Å². The minimum absolute atomic E-state index is 0.0271. The third kappa shape index (κ3) is 3.43. The highest BCUT2D eigenvalue weighted by Gasteiger charge is 2.28. The summed E-state index contributed by atoms with van der Waals surface area (Å²) in [6.07, 6.45) is 1.95. The van der Waals surface area contributed by atoms with Crippen LogP contribution in [-0.4, -0.2) is 24.5 Å². The van der Waals surface area contributed by atoms with Gasteiger partial charge in [-0.25, -0.2) is 0 Å². The molecule has 1 aliphatic heterocycles. The Hall–Kier alpha value is -1.18. The number of thioether (sulfide) groups is 1. The SMILES string of the molecule is CCSc1cccc(NC2(C)CCOCC2)c1C#N. The van der Waals surface area contributed by atoms with Crippen LogP contribution in [0, 0.1) is 11.3 Å². The third-order valence-corrected chi connectivity index (χ3v) is 4.41. The van der Waals surface area contributed by atoms with Crippen LogP contribution < -0.4 is 5.32 Å². The van der Waals surface area contributed by atoms with Crippen molar-refractivity contribution in [3.8, 4) is 6.07 Å². The fraction of sp³-hybridized carbons (Fsp3) is 0.533. The molecule has 0 radical (unpaired) electrons. The summed E-state index contributed by atoms with van der Waals surface area (Å²) < 4.78 is 5.41. The van der Waals surface area contributed by atoms with Crippen molar-refractivity contribution in [2.75, 3.05) is 24.3 Å². The van der Waals surface area contributed by atoms with E-state index in [0.29, 0.717) is 0 Å². The average Bonchev–Trinajstić information content (AvgIpc) is 2.40. The molecule has 0 unspecified atom stereocenters. The van der Waals surface area contributed by atoms with Gasteiger partial charge < -0.3 is 10.1 Å². The maximum atomic E-state index is 9.41. The Kier molecular flexibility index (Phi) is 4.73. The molecule has 0 aromatic heterocycles. The molecule has 1 aliphatic rings. The van der Waals surface area contributed by atoms with Crippen molar-refractivity contribution < 1.29 is 4.74 Å². The number of ether oxygens (including phenoxy) is 1. The Labute approximate surface area is 119 Å². The fourth-order valence-corrected chi connectivity index (χ4v) is 3.08. The second-order valence-electron chi connectivity index (χ2n) is 5.02. The Morgan fingerprint density at radius 3 is 2.79 bits per heavy atom. The van der Waals surface area contributed by atoms with Crippen LogP contribution in [0.15, 0.2) is 23.1 Å². The van der Waals surface area contributed by atoms with Crippen LogP contribution in [0.5, 0.6) is 0 Å². The van der Waals surface area contributed by atoms with Crippen molar-refractivity contribution in [1.29, 1.82) is 5.26 Å². The minimum atomic E-state index is 0.0271. The molecule has 1 aromatic carbocycles. The number of benzene rings is 1. The predicted molar refractivity (Wildman–Crippen MR) is 79.6 cm³/mol. The Balaban J connectivity index is 2.24. The molecule has 1 heterocycles. The summed E-state index contributed by atoms with van der Waals surface area (Å²) in [6, 6.07) is 8.38. The molecule has 0 bridgehead atoms. The fourth-order valence-electron chi connectivity index (χ4n) is 2.30. The molecular formula is C15H20N2OS. The van der Waals surface area contributed by atoms with Gasteiger partial charge in [0.25, 0.3) is 0 Å². The van der Waals surface area contributed by atoms with Gasteiger partial charge in [-0.2, -0.15) is 5.26 Å². The molecule has 1 fully saturated rings. The highest BCUT2D eigenvalue weighted by Crippen LogP contribution is 2.32. The molecule has 0 atom stereocenters. The monoisotopic (exact) mass is 276 g/mol. The zero-order valence-electron chi connectivity index (χ0n) is 11.5. The summed E-state index contributed by atoms with van der Waals surface area (Å²) in [5.41, 5.74) is 1.74. The third-order valence-electron chi connectivity index (χ3n) is 3.47. The molecular weight excluding hydrogens is 256 g/mol. The van der Waals surface area contributed by atoms with Crippen molar-refractivity contribution in [2.45, 2.75) is 37.1 Å². The van der Waals surface area contributed by atoms with Gasteiger partial charge in [-0.15, -0.1) is 11.8 Å². The zero-order valence-corrected chi connectivity index (χ0v) is 12.3. The number of anilines is 1. The molecule has 0 amide bonds. The lowest BCUT2D eigenvalue weighted by molar-refractivity contribution is 0.0658. The van der Waals surface area contributed by atoms with Crippen LogP contribution in [0.4, 0.5) is 5.69 Å². The van der Waals surface area contributed by atoms with Crippen molar-refractivity contribution in [2.24, 2.45) is 0 Å². The van der Waals surface area contributed by atoms with E-state index in [1.165, 1.54) is 0 Å². The summed E-state index contributed by atoms with van der Waals surface area (Å²) in [4.78, 5) is 1.06. The first-order valence-corrected chi connectivity index (χ1v) is 7.69. The highest BCUT2D eigenvalue weighted by molar-refractivity contribution is 7.99. The number of nitrogens with zero attached hydrogens (tertiary/aromatic N) is 1. The van der Waals surface area contributed by atoms with Crippen LogP contribution in [0.1, 0.15) is 32.3 Å². The largest absolute Gasteiger partial charge is 0.381 e. The summed E-state index contributed by atoms with van der Waals surface area (Å²) in [5.74, 6) is 0.975. The zero-order chi connectivity index (χ0) is 13.7. The molecule has 0 aliphatic carbocycles. The van der Waals surface area contributed by atoms with Gasteiger partial charge in [-0.3, -0.25) is 0 Å². The first-order valence-electron chi connectivity index (χ1n) is 6.70. The standard InChI is InChI=1S/C15H20N2OS/c1-3-19-14-6-4-5-13(12(14)11-16)17-15(2)7-9-18-10-8-15/h4-6,17H,3,7-10H2,1-2H3. The average molecular weight is 276 g/mol. The molecule has 102 valence electrons. The molecule has 1 N–H and O–H groups in total. The topological polar surface area (TPSA) is 45.0 Å². The van der Waals surface area contributed by atoms with E-state index in [4.69, 9.17) is 4.74 Å².